The number of hydrogen-bond donors (Lipinski definition) is 1. The van der Waals surface area contributed by atoms with Crippen LogP contribution in [0.4, 0.5) is 0 Å². The summed E-state index contributed by atoms with van der Waals surface area (Å²) in [4.78, 5) is 33.7. The fourth-order valence-corrected chi connectivity index (χ4v) is 4.16. The molecule has 1 unspecified atom stereocenters. The minimum Gasteiger partial charge on any atom is -0.341 e. The Kier molecular flexibility index (Phi) is 8.62. The fourth-order valence-electron chi connectivity index (χ4n) is 4.16. The maximum atomic E-state index is 12.8. The van der Waals surface area contributed by atoms with Gasteiger partial charge >= 0.3 is 0 Å². The van der Waals surface area contributed by atoms with Crippen LogP contribution in [0.2, 0.25) is 0 Å². The van der Waals surface area contributed by atoms with Gasteiger partial charge in [0.25, 0.3) is 0 Å². The van der Waals surface area contributed by atoms with Gasteiger partial charge in [0.15, 0.2) is 0 Å². The molecule has 1 aromatic heterocycles. The number of carbonyl (C=O) groups is 2. The Bertz CT molecular complexity index is 1170. The Morgan fingerprint density at radius 3 is 2.50 bits per heavy atom. The first-order chi connectivity index (χ1) is 17.5. The quantitative estimate of drug-likeness (QED) is 0.466. The number of aromatic nitrogens is 2. The molecule has 1 fully saturated rings. The smallest absolute Gasteiger partial charge is 0.244 e. The predicted octanol–water partition coefficient (Wildman–Crippen LogP) is 3.34. The van der Waals surface area contributed by atoms with Gasteiger partial charge in [0.2, 0.25) is 23.5 Å². The third kappa shape index (κ3) is 7.11. The van der Waals surface area contributed by atoms with Gasteiger partial charge in [0.05, 0.1) is 0 Å². The molecular weight excluding hydrogens is 454 g/mol. The minimum atomic E-state index is -0.565. The molecule has 2 heterocycles. The molecule has 0 bridgehead atoms. The van der Waals surface area contributed by atoms with Crippen LogP contribution in [0.3, 0.4) is 0 Å². The Morgan fingerprint density at radius 1 is 1.06 bits per heavy atom. The SMILES string of the molecule is Cc1ccc(-c2noc(CCCN3CCN(C(=O)C(C)NC(=O)/C=C/c4ccccc4)CC3)n2)cc1. The highest BCUT2D eigenvalue weighted by Gasteiger charge is 2.25. The van der Waals surface area contributed by atoms with E-state index >= 15 is 0 Å². The van der Waals surface area contributed by atoms with Crippen molar-refractivity contribution >= 4 is 17.9 Å². The second-order valence-electron chi connectivity index (χ2n) is 9.12. The summed E-state index contributed by atoms with van der Waals surface area (Å²) in [6.45, 7) is 7.59. The summed E-state index contributed by atoms with van der Waals surface area (Å²) < 4.78 is 5.42. The summed E-state index contributed by atoms with van der Waals surface area (Å²) in [6, 6.07) is 17.1. The number of rotatable bonds is 9. The highest BCUT2D eigenvalue weighted by Crippen LogP contribution is 2.17. The molecule has 36 heavy (non-hydrogen) atoms. The van der Waals surface area contributed by atoms with Gasteiger partial charge in [0, 0.05) is 44.2 Å². The number of piperazine rings is 1. The van der Waals surface area contributed by atoms with Crippen LogP contribution >= 0.6 is 0 Å². The van der Waals surface area contributed by atoms with Crippen molar-refractivity contribution in [2.24, 2.45) is 0 Å². The number of amides is 2. The first-order valence-electron chi connectivity index (χ1n) is 12.4. The summed E-state index contributed by atoms with van der Waals surface area (Å²) >= 11 is 0. The van der Waals surface area contributed by atoms with E-state index in [1.165, 1.54) is 11.6 Å². The van der Waals surface area contributed by atoms with Crippen LogP contribution in [0.15, 0.2) is 65.2 Å². The second-order valence-corrected chi connectivity index (χ2v) is 9.12. The summed E-state index contributed by atoms with van der Waals surface area (Å²) in [7, 11) is 0. The summed E-state index contributed by atoms with van der Waals surface area (Å²) in [5.74, 6) is 0.940. The van der Waals surface area contributed by atoms with E-state index in [0.717, 1.165) is 43.6 Å². The van der Waals surface area contributed by atoms with E-state index in [-0.39, 0.29) is 11.8 Å². The first kappa shape index (κ1) is 25.3. The van der Waals surface area contributed by atoms with Gasteiger partial charge in [-0.25, -0.2) is 0 Å². The van der Waals surface area contributed by atoms with E-state index in [1.54, 1.807) is 13.0 Å². The monoisotopic (exact) mass is 487 g/mol. The molecule has 188 valence electrons. The molecule has 3 aromatic rings. The van der Waals surface area contributed by atoms with Crippen molar-refractivity contribution < 1.29 is 14.1 Å². The van der Waals surface area contributed by atoms with Crippen LogP contribution in [0.5, 0.6) is 0 Å². The molecule has 8 nitrogen and oxygen atoms in total. The van der Waals surface area contributed by atoms with Crippen LogP contribution in [0, 0.1) is 6.92 Å². The van der Waals surface area contributed by atoms with Crippen LogP contribution in [-0.4, -0.2) is 70.5 Å². The topological polar surface area (TPSA) is 91.6 Å². The van der Waals surface area contributed by atoms with E-state index in [0.29, 0.717) is 24.8 Å². The molecular formula is C28H33N5O3. The highest BCUT2D eigenvalue weighted by atomic mass is 16.5. The molecule has 0 spiro atoms. The molecule has 0 saturated carbocycles. The molecule has 8 heteroatoms. The molecule has 1 N–H and O–H groups in total. The van der Waals surface area contributed by atoms with Crippen molar-refractivity contribution in [2.75, 3.05) is 32.7 Å². The van der Waals surface area contributed by atoms with Gasteiger partial charge in [-0.15, -0.1) is 0 Å². The molecule has 1 atom stereocenters. The fraction of sp³-hybridized carbons (Fsp3) is 0.357. The first-order valence-corrected chi connectivity index (χ1v) is 12.4. The van der Waals surface area contributed by atoms with Crippen LogP contribution in [0.1, 0.15) is 30.4 Å². The van der Waals surface area contributed by atoms with E-state index in [4.69, 9.17) is 4.52 Å². The maximum absolute atomic E-state index is 12.8. The van der Waals surface area contributed by atoms with Crippen molar-refractivity contribution in [2.45, 2.75) is 32.7 Å². The Balaban J connectivity index is 1.15. The number of aryl methyl sites for hydroxylation is 2. The second kappa shape index (κ2) is 12.3. The third-order valence-corrected chi connectivity index (χ3v) is 6.28. The van der Waals surface area contributed by atoms with Gasteiger partial charge in [-0.05, 0) is 38.5 Å². The maximum Gasteiger partial charge on any atom is 0.244 e. The number of nitrogens with one attached hydrogen (secondary N) is 1. The average Bonchev–Trinajstić information content (AvgIpc) is 3.37. The average molecular weight is 488 g/mol. The lowest BCUT2D eigenvalue weighted by Gasteiger charge is -2.36. The van der Waals surface area contributed by atoms with Gasteiger partial charge in [0.1, 0.15) is 6.04 Å². The molecule has 1 aliphatic rings. The van der Waals surface area contributed by atoms with Gasteiger partial charge < -0.3 is 14.7 Å². The summed E-state index contributed by atoms with van der Waals surface area (Å²) in [6.07, 6.45) is 4.83. The standard InChI is InChI=1S/C28H33N5O3/c1-21-10-13-24(14-11-21)27-30-26(36-31-27)9-6-16-32-17-19-33(20-18-32)28(35)22(2)29-25(34)15-12-23-7-4-3-5-8-23/h3-5,7-8,10-15,22H,6,9,16-20H2,1-2H3,(H,29,34)/b15-12+. The zero-order valence-electron chi connectivity index (χ0n) is 20.9. The number of benzene rings is 2. The Morgan fingerprint density at radius 2 is 1.78 bits per heavy atom. The molecule has 1 saturated heterocycles. The predicted molar refractivity (Wildman–Crippen MR) is 139 cm³/mol. The van der Waals surface area contributed by atoms with E-state index in [1.807, 2.05) is 66.4 Å². The minimum absolute atomic E-state index is 0.0504. The van der Waals surface area contributed by atoms with Gasteiger partial charge in [-0.2, -0.15) is 4.98 Å². The summed E-state index contributed by atoms with van der Waals surface area (Å²) in [5.41, 5.74) is 3.09. The van der Waals surface area contributed by atoms with Crippen molar-refractivity contribution in [3.8, 4) is 11.4 Å². The molecule has 2 amide bonds. The summed E-state index contributed by atoms with van der Waals surface area (Å²) in [5, 5.41) is 6.87. The number of carbonyl (C=O) groups excluding carboxylic acids is 2. The van der Waals surface area contributed by atoms with Gasteiger partial charge in [-0.1, -0.05) is 65.3 Å². The number of hydrogen-bond acceptors (Lipinski definition) is 6. The largest absolute Gasteiger partial charge is 0.341 e. The molecule has 0 aliphatic carbocycles. The van der Waals surface area contributed by atoms with Crippen LogP contribution in [-0.2, 0) is 16.0 Å². The Labute approximate surface area is 212 Å². The Hall–Kier alpha value is -3.78. The molecule has 1 aliphatic heterocycles. The van der Waals surface area contributed by atoms with Crippen molar-refractivity contribution in [3.63, 3.8) is 0 Å². The lowest BCUT2D eigenvalue weighted by Crippen LogP contribution is -2.54. The lowest BCUT2D eigenvalue weighted by molar-refractivity contribution is -0.136. The zero-order valence-corrected chi connectivity index (χ0v) is 20.9. The van der Waals surface area contributed by atoms with Crippen molar-refractivity contribution in [3.05, 3.63) is 77.7 Å². The van der Waals surface area contributed by atoms with Crippen molar-refractivity contribution in [1.82, 2.24) is 25.3 Å². The third-order valence-electron chi connectivity index (χ3n) is 6.28. The molecule has 4 rings (SSSR count). The van der Waals surface area contributed by atoms with E-state index in [2.05, 4.69) is 20.4 Å². The molecule has 0 radical (unpaired) electrons. The van der Waals surface area contributed by atoms with Gasteiger partial charge in [-0.3, -0.25) is 14.5 Å². The lowest BCUT2D eigenvalue weighted by atomic mass is 10.1. The van der Waals surface area contributed by atoms with Crippen molar-refractivity contribution in [1.29, 1.82) is 0 Å². The normalized spacial score (nSPS) is 15.2. The van der Waals surface area contributed by atoms with Crippen LogP contribution < -0.4 is 5.32 Å². The van der Waals surface area contributed by atoms with E-state index < -0.39 is 6.04 Å². The van der Waals surface area contributed by atoms with Crippen LogP contribution in [0.25, 0.3) is 17.5 Å². The number of nitrogens with zero attached hydrogens (tertiary/aromatic N) is 4. The van der Waals surface area contributed by atoms with E-state index in [9.17, 15) is 9.59 Å². The zero-order chi connectivity index (χ0) is 25.3. The highest BCUT2D eigenvalue weighted by molar-refractivity contribution is 5.95. The molecule has 2 aromatic carbocycles.